The minimum Gasteiger partial charge on any atom is -0.534 e. The molecule has 0 spiro atoms. The highest BCUT2D eigenvalue weighted by atomic mass is 19.4. The number of carbonyl (C=O) groups excluding carboxylic acids is 3. The van der Waals surface area contributed by atoms with Gasteiger partial charge in [-0.2, -0.15) is 13.2 Å². The van der Waals surface area contributed by atoms with Crippen LogP contribution >= 0.6 is 0 Å². The van der Waals surface area contributed by atoms with Crippen molar-refractivity contribution in [3.8, 4) is 5.75 Å². The van der Waals surface area contributed by atoms with Crippen LogP contribution in [0.4, 0.5) is 18.0 Å². The van der Waals surface area contributed by atoms with Crippen molar-refractivity contribution in [2.45, 2.75) is 44.7 Å². The van der Waals surface area contributed by atoms with Crippen molar-refractivity contribution in [2.75, 3.05) is 13.4 Å². The number of para-hydroxylation sites is 1. The number of hydrogen-bond acceptors (Lipinski definition) is 8. The molecule has 1 aromatic carbocycles. The molecule has 13 heteroatoms. The Hall–Kier alpha value is -2.96. The molecule has 1 amide bonds. The van der Waals surface area contributed by atoms with Gasteiger partial charge in [0.05, 0.1) is 12.5 Å². The van der Waals surface area contributed by atoms with E-state index in [1.165, 1.54) is 18.2 Å². The van der Waals surface area contributed by atoms with E-state index in [-0.39, 0.29) is 24.3 Å². The number of halogens is 3. The Labute approximate surface area is 175 Å². The van der Waals surface area contributed by atoms with Crippen molar-refractivity contribution in [3.05, 3.63) is 29.3 Å². The molecule has 1 aliphatic rings. The largest absolute Gasteiger partial charge is 0.547 e. The second kappa shape index (κ2) is 10.9. The van der Waals surface area contributed by atoms with Crippen LogP contribution in [0, 0.1) is 0 Å². The number of nitrogens with one attached hydrogen (secondary N) is 1. The van der Waals surface area contributed by atoms with E-state index in [1.54, 1.807) is 0 Å². The molecule has 0 unspecified atom stereocenters. The van der Waals surface area contributed by atoms with Gasteiger partial charge in [0.1, 0.15) is 17.7 Å². The molecule has 1 aromatic rings. The molecule has 1 atom stereocenters. The molecule has 1 aliphatic heterocycles. The molecule has 0 saturated heterocycles. The summed E-state index contributed by atoms with van der Waals surface area (Å²) in [6.45, 7) is 1.36. The maximum Gasteiger partial charge on any atom is 0.547 e. The molecule has 0 radical (unpaired) electrons. The van der Waals surface area contributed by atoms with Gasteiger partial charge in [0.15, 0.2) is 0 Å². The van der Waals surface area contributed by atoms with Gasteiger partial charge in [0.25, 0.3) is 0 Å². The van der Waals surface area contributed by atoms with Crippen molar-refractivity contribution in [1.29, 1.82) is 0 Å². The van der Waals surface area contributed by atoms with Gasteiger partial charge in [-0.1, -0.05) is 25.5 Å². The second-order valence-corrected chi connectivity index (χ2v) is 6.62. The summed E-state index contributed by atoms with van der Waals surface area (Å²) < 4.78 is 56.4. The summed E-state index contributed by atoms with van der Waals surface area (Å²) in [5.74, 6) is -3.44. The Bertz CT molecular complexity index is 804. The van der Waals surface area contributed by atoms with Gasteiger partial charge >= 0.3 is 25.4 Å². The number of ether oxygens (including phenoxy) is 3. The highest BCUT2D eigenvalue weighted by Gasteiger charge is 2.40. The van der Waals surface area contributed by atoms with Crippen LogP contribution in [-0.2, 0) is 25.4 Å². The molecule has 9 nitrogen and oxygen atoms in total. The van der Waals surface area contributed by atoms with Crippen LogP contribution in [0.2, 0.25) is 0 Å². The Morgan fingerprint density at radius 2 is 2.00 bits per heavy atom. The lowest BCUT2D eigenvalue weighted by molar-refractivity contribution is -0.154. The highest BCUT2D eigenvalue weighted by molar-refractivity contribution is 6.47. The first-order chi connectivity index (χ1) is 14.6. The van der Waals surface area contributed by atoms with Gasteiger partial charge in [-0.3, -0.25) is 4.79 Å². The molecule has 0 saturated carbocycles. The second-order valence-electron chi connectivity index (χ2n) is 6.62. The van der Waals surface area contributed by atoms with Crippen LogP contribution in [0.5, 0.6) is 5.75 Å². The predicted octanol–water partition coefficient (Wildman–Crippen LogP) is 2.15. The van der Waals surface area contributed by atoms with Crippen LogP contribution in [-0.4, -0.2) is 55.7 Å². The summed E-state index contributed by atoms with van der Waals surface area (Å²) in [6.07, 6.45) is -6.00. The summed E-state index contributed by atoms with van der Waals surface area (Å²) in [4.78, 5) is 35.1. The number of fused-ring (bicyclic) bond motifs is 1. The minimum atomic E-state index is -4.69. The Morgan fingerprint density at radius 3 is 2.68 bits per heavy atom. The smallest absolute Gasteiger partial charge is 0.534 e. The van der Waals surface area contributed by atoms with Gasteiger partial charge < -0.3 is 29.2 Å². The molecule has 31 heavy (non-hydrogen) atoms. The highest BCUT2D eigenvalue weighted by Crippen LogP contribution is 2.31. The average Bonchev–Trinajstić information content (AvgIpc) is 2.66. The first-order valence-corrected chi connectivity index (χ1v) is 9.40. The Balaban J connectivity index is 1.95. The summed E-state index contributed by atoms with van der Waals surface area (Å²) in [5, 5.41) is 12.1. The number of rotatable bonds is 8. The maximum absolute atomic E-state index is 12.3. The molecule has 0 aliphatic carbocycles. The van der Waals surface area contributed by atoms with Crippen molar-refractivity contribution >= 4 is 25.2 Å². The monoisotopic (exact) mass is 447 g/mol. The Kier molecular flexibility index (Phi) is 8.54. The lowest BCUT2D eigenvalue weighted by Crippen LogP contribution is -2.53. The molecular formula is C18H21BF3NO8. The molecular weight excluding hydrogens is 426 g/mol. The molecule has 170 valence electrons. The van der Waals surface area contributed by atoms with Gasteiger partial charge in [-0.15, -0.1) is 0 Å². The Morgan fingerprint density at radius 1 is 1.26 bits per heavy atom. The fourth-order valence-electron chi connectivity index (χ4n) is 2.70. The van der Waals surface area contributed by atoms with Gasteiger partial charge in [-0.25, -0.2) is 9.59 Å². The zero-order valence-corrected chi connectivity index (χ0v) is 16.6. The zero-order valence-electron chi connectivity index (χ0n) is 16.6. The minimum absolute atomic E-state index is 0.0492. The van der Waals surface area contributed by atoms with Crippen molar-refractivity contribution in [2.24, 2.45) is 0 Å². The lowest BCUT2D eigenvalue weighted by atomic mass is 9.72. The van der Waals surface area contributed by atoms with E-state index in [1.807, 2.05) is 6.92 Å². The number of esters is 1. The summed E-state index contributed by atoms with van der Waals surface area (Å²) in [5.41, 5.74) is 0.261. The van der Waals surface area contributed by atoms with Crippen LogP contribution < -0.4 is 9.97 Å². The molecule has 0 fully saturated rings. The third-order valence-electron chi connectivity index (χ3n) is 4.13. The standard InChI is InChI=1S/C18H21BF3NO8/c1-2-3-7-28-17(26)30-10-29-16(25)12-6-4-5-11-8-13(19(27)31-15(11)12)23-14(24)9-18(20,21)22/h4-6,13,27H,2-3,7-10H2,1H3,(H,23,24)/t13-/m0/s1. The molecule has 2 rings (SSSR count). The van der Waals surface area contributed by atoms with Crippen molar-refractivity contribution in [1.82, 2.24) is 5.32 Å². The van der Waals surface area contributed by atoms with E-state index in [0.717, 1.165) is 6.42 Å². The predicted molar refractivity (Wildman–Crippen MR) is 99.0 cm³/mol. The number of hydrogen-bond donors (Lipinski definition) is 2. The van der Waals surface area contributed by atoms with Crippen LogP contribution in [0.25, 0.3) is 0 Å². The maximum atomic E-state index is 12.3. The summed E-state index contributed by atoms with van der Waals surface area (Å²) in [6, 6.07) is 4.31. The van der Waals surface area contributed by atoms with Crippen molar-refractivity contribution < 1.29 is 51.4 Å². The number of unbranched alkanes of at least 4 members (excludes halogenated alkanes) is 1. The SMILES string of the molecule is CCCCOC(=O)OCOC(=O)c1cccc2c1OB(O)[C@@H](NC(=O)CC(F)(F)F)C2. The third-order valence-corrected chi connectivity index (χ3v) is 4.13. The van der Waals surface area contributed by atoms with Gasteiger partial charge in [0.2, 0.25) is 12.7 Å². The molecule has 2 N–H and O–H groups in total. The number of carbonyl (C=O) groups is 3. The topological polar surface area (TPSA) is 120 Å². The molecule has 0 aromatic heterocycles. The number of amides is 1. The van der Waals surface area contributed by atoms with Gasteiger partial charge in [0, 0.05) is 0 Å². The van der Waals surface area contributed by atoms with Crippen LogP contribution in [0.3, 0.4) is 0 Å². The van der Waals surface area contributed by atoms with E-state index in [2.05, 4.69) is 10.1 Å². The number of alkyl halides is 3. The normalized spacial score (nSPS) is 15.4. The fourth-order valence-corrected chi connectivity index (χ4v) is 2.70. The van der Waals surface area contributed by atoms with E-state index < -0.39 is 50.5 Å². The average molecular weight is 447 g/mol. The summed E-state index contributed by atoms with van der Waals surface area (Å²) >= 11 is 0. The zero-order chi connectivity index (χ0) is 23.0. The summed E-state index contributed by atoms with van der Waals surface area (Å²) in [7, 11) is -1.69. The van der Waals surface area contributed by atoms with Gasteiger partial charge in [-0.05, 0) is 24.5 Å². The first-order valence-electron chi connectivity index (χ1n) is 9.40. The van der Waals surface area contributed by atoms with E-state index in [0.29, 0.717) is 12.0 Å². The van der Waals surface area contributed by atoms with E-state index in [9.17, 15) is 32.6 Å². The van der Waals surface area contributed by atoms with Crippen molar-refractivity contribution in [3.63, 3.8) is 0 Å². The molecule has 0 bridgehead atoms. The van der Waals surface area contributed by atoms with E-state index in [4.69, 9.17) is 14.1 Å². The first kappa shape index (κ1) is 24.3. The van der Waals surface area contributed by atoms with Crippen LogP contribution in [0.15, 0.2) is 18.2 Å². The van der Waals surface area contributed by atoms with Crippen LogP contribution in [0.1, 0.15) is 42.1 Å². The fraction of sp³-hybridized carbons (Fsp3) is 0.500. The lowest BCUT2D eigenvalue weighted by Gasteiger charge is -2.29. The number of benzene rings is 1. The third kappa shape index (κ3) is 7.66. The molecule has 1 heterocycles. The quantitative estimate of drug-likeness (QED) is 0.269. The van der Waals surface area contributed by atoms with E-state index >= 15 is 0 Å².